The Hall–Kier alpha value is -1.76. The van der Waals surface area contributed by atoms with Crippen LogP contribution in [0.2, 0.25) is 5.02 Å². The third-order valence-electron chi connectivity index (χ3n) is 5.31. The fraction of sp³-hybridized carbons (Fsp3) is 0.308. The Labute approximate surface area is 179 Å². The van der Waals surface area contributed by atoms with Gasteiger partial charge in [0.25, 0.3) is 0 Å². The molecule has 0 aliphatic heterocycles. The van der Waals surface area contributed by atoms with Crippen molar-refractivity contribution in [2.24, 2.45) is 0 Å². The maximum Gasteiger partial charge on any atom is 0.119 e. The second-order valence-electron chi connectivity index (χ2n) is 7.40. The van der Waals surface area contributed by atoms with E-state index in [4.69, 9.17) is 23.2 Å². The summed E-state index contributed by atoms with van der Waals surface area (Å²) >= 11 is 13.6. The van der Waals surface area contributed by atoms with E-state index in [1.165, 1.54) is 37.7 Å². The summed E-state index contributed by atoms with van der Waals surface area (Å²) in [5.41, 5.74) is 4.47. The third-order valence-corrected chi connectivity index (χ3v) is 6.20. The first-order valence-electron chi connectivity index (χ1n) is 10.2. The zero-order valence-corrected chi connectivity index (χ0v) is 18.0. The summed E-state index contributed by atoms with van der Waals surface area (Å²) in [6.07, 6.45) is 7.64. The quantitative estimate of drug-likeness (QED) is 0.188. The van der Waals surface area contributed by atoms with E-state index in [1.54, 1.807) is 0 Å². The molecule has 0 amide bonds. The highest BCUT2D eigenvalue weighted by atomic mass is 35.5. The molecule has 0 nitrogen and oxygen atoms in total. The number of hydrogen-bond donors (Lipinski definition) is 0. The van der Waals surface area contributed by atoms with Crippen molar-refractivity contribution in [3.63, 3.8) is 0 Å². The molecular formula is C26H28Cl2. The van der Waals surface area contributed by atoms with E-state index in [1.807, 2.05) is 42.5 Å². The van der Waals surface area contributed by atoms with Gasteiger partial charge < -0.3 is 0 Å². The van der Waals surface area contributed by atoms with Gasteiger partial charge >= 0.3 is 0 Å². The highest BCUT2D eigenvalue weighted by Gasteiger charge is 2.34. The molecule has 0 saturated heterocycles. The van der Waals surface area contributed by atoms with E-state index in [9.17, 15) is 0 Å². The van der Waals surface area contributed by atoms with Gasteiger partial charge in [0.15, 0.2) is 0 Å². The van der Waals surface area contributed by atoms with Gasteiger partial charge in [0.1, 0.15) is 4.87 Å². The molecule has 0 aromatic heterocycles. The Balaban J connectivity index is 1.87. The molecule has 3 rings (SSSR count). The Morgan fingerprint density at radius 3 is 2.00 bits per heavy atom. The molecule has 0 spiro atoms. The standard InChI is InChI=1S/C26H28Cl2/c1-2-3-4-5-7-11-21-16-18-23(19-17-21)26(28,22-12-8-6-9-13-22)24-14-10-15-25(27)20-24/h6,8-10,12-20H,2-5,7,11H2,1H3. The first-order valence-corrected chi connectivity index (χ1v) is 11.0. The molecule has 1 atom stereocenters. The normalized spacial score (nSPS) is 13.2. The minimum Gasteiger partial charge on any atom is -0.104 e. The molecule has 0 heterocycles. The molecule has 2 heteroatoms. The van der Waals surface area contributed by atoms with Crippen molar-refractivity contribution in [3.8, 4) is 0 Å². The summed E-state index contributed by atoms with van der Waals surface area (Å²) < 4.78 is 0. The predicted molar refractivity (Wildman–Crippen MR) is 123 cm³/mol. The third kappa shape index (κ3) is 4.99. The topological polar surface area (TPSA) is 0 Å². The Morgan fingerprint density at radius 2 is 1.32 bits per heavy atom. The average molecular weight is 411 g/mol. The lowest BCUT2D eigenvalue weighted by Gasteiger charge is -2.29. The molecule has 0 aliphatic carbocycles. The van der Waals surface area contributed by atoms with E-state index < -0.39 is 4.87 Å². The van der Waals surface area contributed by atoms with Gasteiger partial charge in [-0.25, -0.2) is 0 Å². The minimum absolute atomic E-state index is 0.696. The van der Waals surface area contributed by atoms with Gasteiger partial charge in [-0.1, -0.05) is 111 Å². The molecule has 0 aliphatic rings. The summed E-state index contributed by atoms with van der Waals surface area (Å²) in [5, 5.41) is 0.696. The van der Waals surface area contributed by atoms with Crippen molar-refractivity contribution in [2.75, 3.05) is 0 Å². The van der Waals surface area contributed by atoms with Crippen LogP contribution in [0.5, 0.6) is 0 Å². The molecule has 146 valence electrons. The van der Waals surface area contributed by atoms with Crippen LogP contribution in [0.1, 0.15) is 61.3 Å². The Bertz CT molecular complexity index is 855. The van der Waals surface area contributed by atoms with Crippen LogP contribution in [0.25, 0.3) is 0 Å². The van der Waals surface area contributed by atoms with E-state index >= 15 is 0 Å². The Morgan fingerprint density at radius 1 is 0.679 bits per heavy atom. The molecule has 3 aromatic carbocycles. The van der Waals surface area contributed by atoms with Crippen LogP contribution in [0, 0.1) is 0 Å². The van der Waals surface area contributed by atoms with Crippen molar-refractivity contribution in [2.45, 2.75) is 50.3 Å². The molecule has 3 aromatic rings. The molecular weight excluding hydrogens is 383 g/mol. The molecule has 0 saturated carbocycles. The van der Waals surface area contributed by atoms with Crippen molar-refractivity contribution < 1.29 is 0 Å². The second kappa shape index (κ2) is 10.1. The summed E-state index contributed by atoms with van der Waals surface area (Å²) in [5.74, 6) is 0. The lowest BCUT2D eigenvalue weighted by Crippen LogP contribution is -2.22. The van der Waals surface area contributed by atoms with Crippen molar-refractivity contribution in [1.29, 1.82) is 0 Å². The van der Waals surface area contributed by atoms with Crippen LogP contribution in [-0.4, -0.2) is 0 Å². The molecule has 28 heavy (non-hydrogen) atoms. The number of halogens is 2. The zero-order valence-electron chi connectivity index (χ0n) is 16.5. The number of rotatable bonds is 9. The monoisotopic (exact) mass is 410 g/mol. The predicted octanol–water partition coefficient (Wildman–Crippen LogP) is 8.38. The summed E-state index contributed by atoms with van der Waals surface area (Å²) in [7, 11) is 0. The van der Waals surface area contributed by atoms with Gasteiger partial charge in [-0.15, -0.1) is 11.6 Å². The number of unbranched alkanes of at least 4 members (excludes halogenated alkanes) is 4. The van der Waals surface area contributed by atoms with Crippen LogP contribution < -0.4 is 0 Å². The van der Waals surface area contributed by atoms with E-state index in [0.717, 1.165) is 23.1 Å². The lowest BCUT2D eigenvalue weighted by atomic mass is 9.83. The number of benzene rings is 3. The second-order valence-corrected chi connectivity index (χ2v) is 8.40. The van der Waals surface area contributed by atoms with E-state index in [2.05, 4.69) is 43.3 Å². The van der Waals surface area contributed by atoms with E-state index in [0.29, 0.717) is 5.02 Å². The fourth-order valence-corrected chi connectivity index (χ4v) is 4.26. The van der Waals surface area contributed by atoms with Gasteiger partial charge in [-0.2, -0.15) is 0 Å². The van der Waals surface area contributed by atoms with Crippen LogP contribution in [-0.2, 0) is 11.3 Å². The van der Waals surface area contributed by atoms with Gasteiger partial charge in [-0.3, -0.25) is 0 Å². The average Bonchev–Trinajstić information content (AvgIpc) is 2.74. The van der Waals surface area contributed by atoms with Crippen molar-refractivity contribution >= 4 is 23.2 Å². The smallest absolute Gasteiger partial charge is 0.104 e. The maximum absolute atomic E-state index is 7.34. The highest BCUT2D eigenvalue weighted by Crippen LogP contribution is 2.43. The highest BCUT2D eigenvalue weighted by molar-refractivity contribution is 6.31. The number of aryl methyl sites for hydroxylation is 1. The minimum atomic E-state index is -0.758. The molecule has 0 radical (unpaired) electrons. The number of alkyl halides is 1. The maximum atomic E-state index is 7.34. The molecule has 0 fully saturated rings. The van der Waals surface area contributed by atoms with Crippen molar-refractivity contribution in [1.82, 2.24) is 0 Å². The van der Waals surface area contributed by atoms with Crippen LogP contribution in [0.4, 0.5) is 0 Å². The summed E-state index contributed by atoms with van der Waals surface area (Å²) in [6.45, 7) is 2.25. The van der Waals surface area contributed by atoms with Gasteiger partial charge in [-0.05, 0) is 47.2 Å². The summed E-state index contributed by atoms with van der Waals surface area (Å²) in [6, 6.07) is 26.9. The van der Waals surface area contributed by atoms with E-state index in [-0.39, 0.29) is 0 Å². The Kier molecular flexibility index (Phi) is 7.59. The summed E-state index contributed by atoms with van der Waals surface area (Å²) in [4.78, 5) is -0.758. The molecule has 0 N–H and O–H groups in total. The van der Waals surface area contributed by atoms with Gasteiger partial charge in [0, 0.05) is 5.02 Å². The first-order chi connectivity index (χ1) is 13.6. The molecule has 1 unspecified atom stereocenters. The zero-order chi connectivity index (χ0) is 19.8. The SMILES string of the molecule is CCCCCCCc1ccc(C(Cl)(c2ccccc2)c2cccc(Cl)c2)cc1. The number of hydrogen-bond acceptors (Lipinski definition) is 0. The lowest BCUT2D eigenvalue weighted by molar-refractivity contribution is 0.632. The fourth-order valence-electron chi connectivity index (χ4n) is 3.70. The largest absolute Gasteiger partial charge is 0.119 e. The van der Waals surface area contributed by atoms with Crippen LogP contribution in [0.15, 0.2) is 78.9 Å². The van der Waals surface area contributed by atoms with Gasteiger partial charge in [0.05, 0.1) is 0 Å². The van der Waals surface area contributed by atoms with Crippen LogP contribution in [0.3, 0.4) is 0 Å². The van der Waals surface area contributed by atoms with Crippen molar-refractivity contribution in [3.05, 3.63) is 106 Å². The van der Waals surface area contributed by atoms with Crippen LogP contribution >= 0.6 is 23.2 Å². The first kappa shape index (κ1) is 21.0. The van der Waals surface area contributed by atoms with Gasteiger partial charge in [0.2, 0.25) is 0 Å². The molecule has 0 bridgehead atoms.